The van der Waals surface area contributed by atoms with E-state index < -0.39 is 0 Å². The fraction of sp³-hybridized carbons (Fsp3) is 0.357. The van der Waals surface area contributed by atoms with E-state index in [4.69, 9.17) is 0 Å². The number of hydrogen-bond acceptors (Lipinski definition) is 2. The summed E-state index contributed by atoms with van der Waals surface area (Å²) in [5, 5.41) is 0. The molecular formula is C14H20BrNO. The van der Waals surface area contributed by atoms with Crippen molar-refractivity contribution in [2.24, 2.45) is 0 Å². The number of aryl methyl sites for hydroxylation is 1. The smallest absolute Gasteiger partial charge is 0.156 e. The number of carbonyl (C=O) groups excluding carboxylic acids is 1. The van der Waals surface area contributed by atoms with Crippen molar-refractivity contribution >= 4 is 28.8 Å². The third kappa shape index (κ3) is 7.08. The first-order valence-corrected chi connectivity index (χ1v) is 5.50. The lowest BCUT2D eigenvalue weighted by Crippen LogP contribution is -2.15. The largest absolute Gasteiger partial charge is 0.309 e. The number of carbonyl (C=O) groups is 1. The molecular weight excluding hydrogens is 278 g/mol. The van der Waals surface area contributed by atoms with Crippen molar-refractivity contribution in [3.63, 3.8) is 0 Å². The lowest BCUT2D eigenvalue weighted by molar-refractivity contribution is -0.114. The summed E-state index contributed by atoms with van der Waals surface area (Å²) in [6, 6.07) is 8.13. The van der Waals surface area contributed by atoms with Crippen LogP contribution >= 0.6 is 17.0 Å². The van der Waals surface area contributed by atoms with Crippen LogP contribution in [0.25, 0.3) is 6.08 Å². The summed E-state index contributed by atoms with van der Waals surface area (Å²) >= 11 is 0. The highest BCUT2D eigenvalue weighted by Gasteiger charge is 1.97. The quantitative estimate of drug-likeness (QED) is 0.779. The van der Waals surface area contributed by atoms with Crippen molar-refractivity contribution < 1.29 is 4.79 Å². The molecule has 1 rings (SSSR count). The summed E-state index contributed by atoms with van der Waals surface area (Å²) in [6.07, 6.45) is 4.11. The number of hydrogen-bond donors (Lipinski definition) is 0. The predicted octanol–water partition coefficient (Wildman–Crippen LogP) is 3.11. The first-order chi connectivity index (χ1) is 7.58. The van der Waals surface area contributed by atoms with Gasteiger partial charge in [0.2, 0.25) is 0 Å². The Morgan fingerprint density at radius 2 is 1.82 bits per heavy atom. The molecule has 0 aliphatic carbocycles. The fourth-order valence-electron chi connectivity index (χ4n) is 1.28. The number of halogens is 1. The number of rotatable bonds is 5. The van der Waals surface area contributed by atoms with E-state index in [0.29, 0.717) is 6.42 Å². The van der Waals surface area contributed by atoms with Crippen LogP contribution in [-0.2, 0) is 4.79 Å². The minimum atomic E-state index is 0. The Morgan fingerprint density at radius 1 is 1.24 bits per heavy atom. The average molecular weight is 298 g/mol. The maximum absolute atomic E-state index is 11.5. The molecule has 17 heavy (non-hydrogen) atoms. The monoisotopic (exact) mass is 297 g/mol. The van der Waals surface area contributed by atoms with Gasteiger partial charge in [-0.1, -0.05) is 35.9 Å². The highest BCUT2D eigenvalue weighted by atomic mass is 79.9. The van der Waals surface area contributed by atoms with Gasteiger partial charge in [-0.3, -0.25) is 4.79 Å². The number of allylic oxidation sites excluding steroid dienone is 1. The van der Waals surface area contributed by atoms with E-state index in [-0.39, 0.29) is 22.8 Å². The van der Waals surface area contributed by atoms with Crippen molar-refractivity contribution in [2.45, 2.75) is 13.3 Å². The zero-order chi connectivity index (χ0) is 12.0. The first kappa shape index (κ1) is 16.1. The standard InChI is InChI=1S/C14H19NO.BrH/c1-12-4-6-13(7-5-12)8-9-14(16)10-11-15(2)3;/h4-9H,10-11H2,1-3H3;1H/b9-8+;. The van der Waals surface area contributed by atoms with E-state index in [9.17, 15) is 4.79 Å². The minimum Gasteiger partial charge on any atom is -0.309 e. The van der Waals surface area contributed by atoms with E-state index in [0.717, 1.165) is 12.1 Å². The molecule has 2 nitrogen and oxygen atoms in total. The van der Waals surface area contributed by atoms with Gasteiger partial charge in [0.15, 0.2) is 5.78 Å². The maximum atomic E-state index is 11.5. The van der Waals surface area contributed by atoms with Gasteiger partial charge in [-0.2, -0.15) is 0 Å². The molecule has 0 aliphatic heterocycles. The Labute approximate surface area is 114 Å². The molecule has 0 aromatic heterocycles. The molecule has 0 atom stereocenters. The van der Waals surface area contributed by atoms with Crippen LogP contribution in [0.4, 0.5) is 0 Å². The zero-order valence-corrected chi connectivity index (χ0v) is 12.4. The summed E-state index contributed by atoms with van der Waals surface area (Å²) < 4.78 is 0. The van der Waals surface area contributed by atoms with Gasteiger partial charge in [0.05, 0.1) is 0 Å². The Balaban J connectivity index is 0.00000256. The number of ketones is 1. The Morgan fingerprint density at radius 3 is 2.35 bits per heavy atom. The third-order valence-electron chi connectivity index (χ3n) is 2.34. The zero-order valence-electron chi connectivity index (χ0n) is 10.6. The second-order valence-electron chi connectivity index (χ2n) is 4.26. The van der Waals surface area contributed by atoms with Crippen LogP contribution in [0.2, 0.25) is 0 Å². The summed E-state index contributed by atoms with van der Waals surface area (Å²) in [5.74, 6) is 0.175. The predicted molar refractivity (Wildman–Crippen MR) is 78.7 cm³/mol. The molecule has 94 valence electrons. The van der Waals surface area contributed by atoms with E-state index in [1.54, 1.807) is 6.08 Å². The molecule has 0 unspecified atom stereocenters. The highest BCUT2D eigenvalue weighted by Crippen LogP contribution is 2.05. The molecule has 0 heterocycles. The molecule has 0 N–H and O–H groups in total. The molecule has 0 saturated carbocycles. The Kier molecular flexibility index (Phi) is 7.75. The van der Waals surface area contributed by atoms with Crippen LogP contribution in [0.15, 0.2) is 30.3 Å². The second-order valence-corrected chi connectivity index (χ2v) is 4.26. The second kappa shape index (κ2) is 8.20. The van der Waals surface area contributed by atoms with Crippen molar-refractivity contribution in [3.05, 3.63) is 41.5 Å². The maximum Gasteiger partial charge on any atom is 0.156 e. The van der Waals surface area contributed by atoms with Crippen molar-refractivity contribution in [2.75, 3.05) is 20.6 Å². The fourth-order valence-corrected chi connectivity index (χ4v) is 1.28. The molecule has 0 spiro atoms. The van der Waals surface area contributed by atoms with Gasteiger partial charge in [0.25, 0.3) is 0 Å². The number of nitrogens with zero attached hydrogens (tertiary/aromatic N) is 1. The molecule has 0 radical (unpaired) electrons. The molecule has 0 amide bonds. The van der Waals surface area contributed by atoms with Gasteiger partial charge in [-0.25, -0.2) is 0 Å². The van der Waals surface area contributed by atoms with Gasteiger partial charge in [0.1, 0.15) is 0 Å². The topological polar surface area (TPSA) is 20.3 Å². The van der Waals surface area contributed by atoms with E-state index >= 15 is 0 Å². The van der Waals surface area contributed by atoms with Crippen LogP contribution in [0.5, 0.6) is 0 Å². The van der Waals surface area contributed by atoms with Crippen LogP contribution < -0.4 is 0 Å². The van der Waals surface area contributed by atoms with Crippen molar-refractivity contribution in [1.82, 2.24) is 4.90 Å². The van der Waals surface area contributed by atoms with Gasteiger partial charge in [0, 0.05) is 13.0 Å². The van der Waals surface area contributed by atoms with Gasteiger partial charge in [-0.15, -0.1) is 17.0 Å². The summed E-state index contributed by atoms with van der Waals surface area (Å²) in [6.45, 7) is 2.85. The molecule has 3 heteroatoms. The summed E-state index contributed by atoms with van der Waals surface area (Å²) in [4.78, 5) is 13.5. The average Bonchev–Trinajstić information content (AvgIpc) is 2.25. The molecule has 0 fully saturated rings. The van der Waals surface area contributed by atoms with Crippen LogP contribution in [0.1, 0.15) is 17.5 Å². The first-order valence-electron chi connectivity index (χ1n) is 5.50. The molecule has 0 bridgehead atoms. The van der Waals surface area contributed by atoms with Gasteiger partial charge in [-0.05, 0) is 32.7 Å². The minimum absolute atomic E-state index is 0. The van der Waals surface area contributed by atoms with Crippen LogP contribution in [0.3, 0.4) is 0 Å². The highest BCUT2D eigenvalue weighted by molar-refractivity contribution is 8.93. The van der Waals surface area contributed by atoms with E-state index in [1.807, 2.05) is 49.3 Å². The molecule has 1 aromatic rings. The lowest BCUT2D eigenvalue weighted by atomic mass is 10.1. The molecule has 0 aliphatic rings. The molecule has 0 saturated heterocycles. The van der Waals surface area contributed by atoms with Gasteiger partial charge < -0.3 is 4.90 Å². The third-order valence-corrected chi connectivity index (χ3v) is 2.34. The lowest BCUT2D eigenvalue weighted by Gasteiger charge is -2.06. The van der Waals surface area contributed by atoms with Crippen molar-refractivity contribution in [1.29, 1.82) is 0 Å². The van der Waals surface area contributed by atoms with E-state index in [1.165, 1.54) is 5.56 Å². The SMILES string of the molecule is Br.Cc1ccc(/C=C/C(=O)CCN(C)C)cc1. The Hall–Kier alpha value is -0.930. The van der Waals surface area contributed by atoms with Gasteiger partial charge >= 0.3 is 0 Å². The summed E-state index contributed by atoms with van der Waals surface area (Å²) in [7, 11) is 3.94. The normalized spacial score (nSPS) is 10.6. The van der Waals surface area contributed by atoms with Crippen molar-refractivity contribution in [3.8, 4) is 0 Å². The number of benzene rings is 1. The van der Waals surface area contributed by atoms with Crippen LogP contribution in [-0.4, -0.2) is 31.3 Å². The van der Waals surface area contributed by atoms with E-state index in [2.05, 4.69) is 6.92 Å². The van der Waals surface area contributed by atoms with Crippen LogP contribution in [0, 0.1) is 6.92 Å². The Bertz CT molecular complexity index is 368. The summed E-state index contributed by atoms with van der Waals surface area (Å²) in [5.41, 5.74) is 2.31. The molecule has 1 aromatic carbocycles.